The number of rotatable bonds is 5. The molecular weight excluding hydrogens is 432 g/mol. The topological polar surface area (TPSA) is 67.8 Å². The number of carbonyl (C=O) groups excluding carboxylic acids is 1. The Morgan fingerprint density at radius 2 is 1.94 bits per heavy atom. The fraction of sp³-hybridized carbons (Fsp3) is 0.409. The first-order chi connectivity index (χ1) is 15.1. The fourth-order valence-corrected chi connectivity index (χ4v) is 5.95. The summed E-state index contributed by atoms with van der Waals surface area (Å²) in [6.45, 7) is 8.58. The number of ether oxygens (including phenoxy) is 2. The summed E-state index contributed by atoms with van der Waals surface area (Å²) < 4.78 is 10.9. The van der Waals surface area contributed by atoms with Crippen LogP contribution >= 0.6 is 23.1 Å². The van der Waals surface area contributed by atoms with Crippen LogP contribution in [0.2, 0.25) is 0 Å². The lowest BCUT2D eigenvalue weighted by molar-refractivity contribution is -0.130. The first-order valence-electron chi connectivity index (χ1n) is 10.3. The van der Waals surface area contributed by atoms with Gasteiger partial charge in [-0.1, -0.05) is 17.8 Å². The average Bonchev–Trinajstić information content (AvgIpc) is 3.36. The van der Waals surface area contributed by atoms with E-state index in [0.717, 1.165) is 59.5 Å². The monoisotopic (exact) mass is 456 g/mol. The molecule has 0 N–H and O–H groups in total. The lowest BCUT2D eigenvalue weighted by Crippen LogP contribution is -2.48. The van der Waals surface area contributed by atoms with Crippen molar-refractivity contribution in [2.75, 3.05) is 38.7 Å². The molecule has 0 spiro atoms. The van der Waals surface area contributed by atoms with Gasteiger partial charge in [0, 0.05) is 43.0 Å². The van der Waals surface area contributed by atoms with Gasteiger partial charge in [-0.05, 0) is 37.1 Å². The van der Waals surface area contributed by atoms with Gasteiger partial charge in [0.25, 0.3) is 0 Å². The number of hydrogen-bond donors (Lipinski definition) is 0. The molecule has 4 heterocycles. The molecule has 2 aliphatic heterocycles. The molecule has 9 heteroatoms. The van der Waals surface area contributed by atoms with E-state index in [4.69, 9.17) is 9.47 Å². The lowest BCUT2D eigenvalue weighted by atomic mass is 10.1. The van der Waals surface area contributed by atoms with Crippen LogP contribution in [0.1, 0.15) is 16.0 Å². The van der Waals surface area contributed by atoms with Crippen molar-refractivity contribution in [1.29, 1.82) is 0 Å². The Hall–Kier alpha value is -2.36. The second-order valence-corrected chi connectivity index (χ2v) is 9.94. The van der Waals surface area contributed by atoms with Gasteiger partial charge in [0.1, 0.15) is 16.2 Å². The minimum Gasteiger partial charge on any atom is -0.454 e. The molecule has 5 rings (SSSR count). The van der Waals surface area contributed by atoms with Crippen molar-refractivity contribution in [3.63, 3.8) is 0 Å². The summed E-state index contributed by atoms with van der Waals surface area (Å²) in [6.07, 6.45) is 1.60. The molecule has 1 aromatic carbocycles. The van der Waals surface area contributed by atoms with Gasteiger partial charge in [0.05, 0.1) is 5.75 Å². The van der Waals surface area contributed by atoms with E-state index in [-0.39, 0.29) is 5.91 Å². The number of thioether (sulfide) groups is 1. The molecule has 0 bridgehead atoms. The molecule has 0 unspecified atom stereocenters. The van der Waals surface area contributed by atoms with Crippen LogP contribution in [0.4, 0.5) is 0 Å². The number of piperazine rings is 1. The summed E-state index contributed by atoms with van der Waals surface area (Å²) in [4.78, 5) is 28.2. The van der Waals surface area contributed by atoms with Crippen LogP contribution in [0, 0.1) is 13.8 Å². The highest BCUT2D eigenvalue weighted by Crippen LogP contribution is 2.35. The predicted molar refractivity (Wildman–Crippen MR) is 122 cm³/mol. The number of thiophene rings is 1. The van der Waals surface area contributed by atoms with Gasteiger partial charge in [-0.3, -0.25) is 9.69 Å². The van der Waals surface area contributed by atoms with Crippen LogP contribution in [0.5, 0.6) is 11.5 Å². The minimum atomic E-state index is 0.170. The summed E-state index contributed by atoms with van der Waals surface area (Å²) in [5.74, 6) is 2.20. The molecule has 1 fully saturated rings. The van der Waals surface area contributed by atoms with Crippen LogP contribution < -0.4 is 9.47 Å². The molecule has 3 aromatic rings. The van der Waals surface area contributed by atoms with E-state index in [9.17, 15) is 4.79 Å². The van der Waals surface area contributed by atoms with Gasteiger partial charge >= 0.3 is 0 Å². The molecule has 31 heavy (non-hydrogen) atoms. The number of amides is 1. The standard InChI is InChI=1S/C22H24N4O3S2/c1-14-15(2)31-22-20(14)21(23-12-24-22)30-11-19(27)26-7-5-25(6-8-26)10-16-3-4-17-18(9-16)29-13-28-17/h3-4,9,12H,5-8,10-11,13H2,1-2H3. The van der Waals surface area contributed by atoms with Gasteiger partial charge < -0.3 is 14.4 Å². The van der Waals surface area contributed by atoms with Gasteiger partial charge in [-0.2, -0.15) is 0 Å². The van der Waals surface area contributed by atoms with Crippen LogP contribution in [-0.2, 0) is 11.3 Å². The third kappa shape index (κ3) is 4.22. The van der Waals surface area contributed by atoms with Crippen molar-refractivity contribution in [3.8, 4) is 11.5 Å². The van der Waals surface area contributed by atoms with E-state index in [0.29, 0.717) is 12.5 Å². The van der Waals surface area contributed by atoms with Crippen LogP contribution in [-0.4, -0.2) is 64.4 Å². The molecule has 0 atom stereocenters. The molecule has 7 nitrogen and oxygen atoms in total. The lowest BCUT2D eigenvalue weighted by Gasteiger charge is -2.34. The predicted octanol–water partition coefficient (Wildman–Crippen LogP) is 3.47. The van der Waals surface area contributed by atoms with E-state index in [1.165, 1.54) is 27.8 Å². The van der Waals surface area contributed by atoms with Crippen LogP contribution in [0.15, 0.2) is 29.6 Å². The van der Waals surface area contributed by atoms with Gasteiger partial charge in [0.15, 0.2) is 11.5 Å². The quantitative estimate of drug-likeness (QED) is 0.430. The zero-order valence-corrected chi connectivity index (χ0v) is 19.2. The highest BCUT2D eigenvalue weighted by molar-refractivity contribution is 8.00. The van der Waals surface area contributed by atoms with Gasteiger partial charge in [-0.25, -0.2) is 9.97 Å². The molecule has 2 aliphatic rings. The first-order valence-corrected chi connectivity index (χ1v) is 12.1. The fourth-order valence-electron chi connectivity index (χ4n) is 3.93. The Morgan fingerprint density at radius 1 is 1.13 bits per heavy atom. The second kappa shape index (κ2) is 8.64. The zero-order chi connectivity index (χ0) is 21.4. The molecule has 0 radical (unpaired) electrons. The Bertz CT molecular complexity index is 1130. The highest BCUT2D eigenvalue weighted by atomic mass is 32.2. The SMILES string of the molecule is Cc1sc2ncnc(SCC(=O)N3CCN(Cc4ccc5c(c4)OCO5)CC3)c2c1C. The maximum Gasteiger partial charge on any atom is 0.233 e. The Morgan fingerprint density at radius 3 is 2.77 bits per heavy atom. The van der Waals surface area contributed by atoms with Gasteiger partial charge in [-0.15, -0.1) is 11.3 Å². The van der Waals surface area contributed by atoms with Crippen LogP contribution in [0.25, 0.3) is 10.2 Å². The number of carbonyl (C=O) groups is 1. The largest absolute Gasteiger partial charge is 0.454 e. The Balaban J connectivity index is 1.15. The maximum atomic E-state index is 12.8. The Labute approximate surface area is 189 Å². The third-order valence-electron chi connectivity index (χ3n) is 5.83. The highest BCUT2D eigenvalue weighted by Gasteiger charge is 2.23. The van der Waals surface area contributed by atoms with Crippen LogP contribution in [0.3, 0.4) is 0 Å². The second-order valence-electron chi connectivity index (χ2n) is 7.78. The number of aryl methyl sites for hydroxylation is 2. The third-order valence-corrected chi connectivity index (χ3v) is 7.92. The number of benzene rings is 1. The molecule has 0 aliphatic carbocycles. The van der Waals surface area contributed by atoms with E-state index < -0.39 is 0 Å². The molecule has 0 saturated carbocycles. The normalized spacial score (nSPS) is 16.3. The van der Waals surface area contributed by atoms with Crippen molar-refractivity contribution >= 4 is 39.2 Å². The molecule has 162 valence electrons. The van der Waals surface area contributed by atoms with Crippen molar-refractivity contribution in [1.82, 2.24) is 19.8 Å². The summed E-state index contributed by atoms with van der Waals surface area (Å²) in [6, 6.07) is 6.10. The molecule has 1 saturated heterocycles. The Kier molecular flexibility index (Phi) is 5.73. The number of fused-ring (bicyclic) bond motifs is 2. The number of nitrogens with zero attached hydrogens (tertiary/aromatic N) is 4. The number of hydrogen-bond acceptors (Lipinski definition) is 8. The summed E-state index contributed by atoms with van der Waals surface area (Å²) in [7, 11) is 0. The van der Waals surface area contributed by atoms with Crippen molar-refractivity contribution in [3.05, 3.63) is 40.5 Å². The molecule has 2 aromatic heterocycles. The maximum absolute atomic E-state index is 12.8. The average molecular weight is 457 g/mol. The van der Waals surface area contributed by atoms with Crippen molar-refractivity contribution < 1.29 is 14.3 Å². The first kappa shape index (κ1) is 20.5. The summed E-state index contributed by atoms with van der Waals surface area (Å²) >= 11 is 3.20. The van der Waals surface area contributed by atoms with Gasteiger partial charge in [0.2, 0.25) is 12.7 Å². The van der Waals surface area contributed by atoms with Crippen molar-refractivity contribution in [2.24, 2.45) is 0 Å². The van der Waals surface area contributed by atoms with Crippen molar-refractivity contribution in [2.45, 2.75) is 25.4 Å². The molecule has 1 amide bonds. The van der Waals surface area contributed by atoms with E-state index in [2.05, 4.69) is 34.8 Å². The van der Waals surface area contributed by atoms with E-state index in [1.54, 1.807) is 17.7 Å². The smallest absolute Gasteiger partial charge is 0.233 e. The summed E-state index contributed by atoms with van der Waals surface area (Å²) in [5, 5.41) is 2.00. The summed E-state index contributed by atoms with van der Waals surface area (Å²) in [5.41, 5.74) is 2.42. The van der Waals surface area contributed by atoms with E-state index >= 15 is 0 Å². The minimum absolute atomic E-state index is 0.170. The zero-order valence-electron chi connectivity index (χ0n) is 17.6. The van der Waals surface area contributed by atoms with E-state index in [1.807, 2.05) is 17.0 Å². The number of aromatic nitrogens is 2. The molecular formula is C22H24N4O3S2.